The van der Waals surface area contributed by atoms with Crippen LogP contribution in [0.5, 0.6) is 0 Å². The van der Waals surface area contributed by atoms with Crippen molar-refractivity contribution >= 4 is 22.7 Å². The molecule has 0 bridgehead atoms. The van der Waals surface area contributed by atoms with E-state index < -0.39 is 0 Å². The molecule has 7 heteroatoms. The van der Waals surface area contributed by atoms with Crippen molar-refractivity contribution in [3.8, 4) is 11.3 Å². The molecule has 2 aromatic heterocycles. The average molecular weight is 402 g/mol. The van der Waals surface area contributed by atoms with Gasteiger partial charge in [0.25, 0.3) is 11.3 Å². The summed E-state index contributed by atoms with van der Waals surface area (Å²) in [6.45, 7) is 4.45. The molecule has 0 saturated carbocycles. The molecule has 1 N–H and O–H groups in total. The second kappa shape index (κ2) is 8.32. The highest BCUT2D eigenvalue weighted by molar-refractivity contribution is 5.91. The second-order valence-corrected chi connectivity index (χ2v) is 7.40. The molecule has 0 atom stereocenters. The Morgan fingerprint density at radius 1 is 1.10 bits per heavy atom. The Hall–Kier alpha value is -3.74. The van der Waals surface area contributed by atoms with Crippen LogP contribution in [0.4, 0.5) is 5.69 Å². The van der Waals surface area contributed by atoms with E-state index >= 15 is 0 Å². The molecule has 1 amide bonds. The zero-order chi connectivity index (χ0) is 21.1. The fraction of sp³-hybridized carbons (Fsp3) is 0.217. The van der Waals surface area contributed by atoms with Gasteiger partial charge in [0, 0.05) is 24.2 Å². The fourth-order valence-electron chi connectivity index (χ4n) is 3.23. The topological polar surface area (TPSA) is 90.0 Å². The van der Waals surface area contributed by atoms with Gasteiger partial charge in [-0.2, -0.15) is 0 Å². The van der Waals surface area contributed by atoms with Crippen LogP contribution in [0.2, 0.25) is 0 Å². The Morgan fingerprint density at radius 2 is 1.83 bits per heavy atom. The Labute approximate surface area is 173 Å². The zero-order valence-corrected chi connectivity index (χ0v) is 16.8. The van der Waals surface area contributed by atoms with Crippen molar-refractivity contribution in [1.82, 2.24) is 14.7 Å². The number of aromatic nitrogens is 3. The van der Waals surface area contributed by atoms with E-state index in [2.05, 4.69) is 29.3 Å². The molecule has 152 valence electrons. The molecule has 4 aromatic rings. The summed E-state index contributed by atoms with van der Waals surface area (Å²) >= 11 is 0. The number of carbonyl (C=O) groups excluding carboxylic acids is 1. The van der Waals surface area contributed by atoms with Gasteiger partial charge in [0.2, 0.25) is 5.91 Å². The largest absolute Gasteiger partial charge is 0.335 e. The van der Waals surface area contributed by atoms with Crippen LogP contribution < -0.4 is 10.9 Å². The number of hydrogen-bond donors (Lipinski definition) is 1. The number of nitrogens with zero attached hydrogens (tertiary/aromatic N) is 3. The lowest BCUT2D eigenvalue weighted by Crippen LogP contribution is -2.23. The van der Waals surface area contributed by atoms with E-state index in [0.29, 0.717) is 17.0 Å². The number of carbonyl (C=O) groups is 1. The Bertz CT molecular complexity index is 1230. The van der Waals surface area contributed by atoms with Crippen LogP contribution in [0.1, 0.15) is 31.7 Å². The fourth-order valence-corrected chi connectivity index (χ4v) is 3.23. The minimum Gasteiger partial charge on any atom is -0.335 e. The quantitative estimate of drug-likeness (QED) is 0.522. The number of rotatable bonds is 6. The van der Waals surface area contributed by atoms with Gasteiger partial charge in [-0.15, -0.1) is 0 Å². The molecule has 0 spiro atoms. The van der Waals surface area contributed by atoms with E-state index in [4.69, 9.17) is 4.52 Å². The summed E-state index contributed by atoms with van der Waals surface area (Å²) in [6, 6.07) is 17.1. The molecule has 0 aliphatic heterocycles. The van der Waals surface area contributed by atoms with Crippen LogP contribution in [0, 0.1) is 0 Å². The van der Waals surface area contributed by atoms with E-state index in [1.165, 1.54) is 16.5 Å². The van der Waals surface area contributed by atoms with Crippen molar-refractivity contribution in [2.45, 2.75) is 32.7 Å². The number of anilines is 1. The Balaban J connectivity index is 1.49. The van der Waals surface area contributed by atoms with Gasteiger partial charge in [-0.1, -0.05) is 61.5 Å². The summed E-state index contributed by atoms with van der Waals surface area (Å²) in [6.07, 6.45) is 1.53. The van der Waals surface area contributed by atoms with Crippen molar-refractivity contribution in [2.24, 2.45) is 0 Å². The van der Waals surface area contributed by atoms with Gasteiger partial charge in [0.05, 0.1) is 0 Å². The highest BCUT2D eigenvalue weighted by atomic mass is 16.5. The first-order valence-corrected chi connectivity index (χ1v) is 9.83. The highest BCUT2D eigenvalue weighted by Gasteiger charge is 2.17. The molecule has 0 aliphatic rings. The average Bonchev–Trinajstić information content (AvgIpc) is 3.19. The van der Waals surface area contributed by atoms with Crippen LogP contribution in [-0.4, -0.2) is 20.6 Å². The summed E-state index contributed by atoms with van der Waals surface area (Å²) in [4.78, 5) is 29.5. The van der Waals surface area contributed by atoms with Crippen molar-refractivity contribution in [3.05, 3.63) is 76.8 Å². The SMILES string of the molecule is CC(C)c1ccc(NC(=O)CCn2cnc3onc(-c4ccccc4)c3c2=O)cc1. The maximum absolute atomic E-state index is 12.9. The van der Waals surface area contributed by atoms with Crippen LogP contribution in [-0.2, 0) is 11.3 Å². The minimum atomic E-state index is -0.283. The number of amides is 1. The maximum atomic E-state index is 12.9. The molecular formula is C23H22N4O3. The third-order valence-corrected chi connectivity index (χ3v) is 4.95. The lowest BCUT2D eigenvalue weighted by atomic mass is 10.0. The molecule has 30 heavy (non-hydrogen) atoms. The number of aryl methyl sites for hydroxylation is 1. The minimum absolute atomic E-state index is 0.144. The van der Waals surface area contributed by atoms with Crippen LogP contribution in [0.3, 0.4) is 0 Å². The predicted molar refractivity (Wildman–Crippen MR) is 115 cm³/mol. The molecule has 7 nitrogen and oxygen atoms in total. The summed E-state index contributed by atoms with van der Waals surface area (Å²) in [7, 11) is 0. The van der Waals surface area contributed by atoms with Gasteiger partial charge in [-0.05, 0) is 23.6 Å². The van der Waals surface area contributed by atoms with E-state index in [-0.39, 0.29) is 30.1 Å². The van der Waals surface area contributed by atoms with E-state index in [1.807, 2.05) is 54.6 Å². The van der Waals surface area contributed by atoms with E-state index in [0.717, 1.165) is 11.3 Å². The summed E-state index contributed by atoms with van der Waals surface area (Å²) < 4.78 is 6.63. The second-order valence-electron chi connectivity index (χ2n) is 7.40. The number of fused-ring (bicyclic) bond motifs is 1. The Morgan fingerprint density at radius 3 is 2.53 bits per heavy atom. The lowest BCUT2D eigenvalue weighted by Gasteiger charge is -2.09. The molecule has 4 rings (SSSR count). The van der Waals surface area contributed by atoms with Crippen molar-refractivity contribution in [3.63, 3.8) is 0 Å². The van der Waals surface area contributed by atoms with Gasteiger partial charge >= 0.3 is 0 Å². The maximum Gasteiger partial charge on any atom is 0.266 e. The van der Waals surface area contributed by atoms with Crippen molar-refractivity contribution in [2.75, 3.05) is 5.32 Å². The first kappa shape index (κ1) is 19.6. The summed E-state index contributed by atoms with van der Waals surface area (Å²) in [5.74, 6) is 0.259. The number of nitrogens with one attached hydrogen (secondary N) is 1. The smallest absolute Gasteiger partial charge is 0.266 e. The molecular weight excluding hydrogens is 380 g/mol. The molecule has 2 aromatic carbocycles. The van der Waals surface area contributed by atoms with Crippen molar-refractivity contribution < 1.29 is 9.32 Å². The first-order chi connectivity index (χ1) is 14.5. The number of hydrogen-bond acceptors (Lipinski definition) is 5. The van der Waals surface area contributed by atoms with Gasteiger partial charge in [0.15, 0.2) is 0 Å². The van der Waals surface area contributed by atoms with E-state index in [9.17, 15) is 9.59 Å². The van der Waals surface area contributed by atoms with Crippen molar-refractivity contribution in [1.29, 1.82) is 0 Å². The molecule has 2 heterocycles. The standard InChI is InChI=1S/C23H22N4O3/c1-15(2)16-8-10-18(11-9-16)25-19(28)12-13-27-14-24-22-20(23(27)29)21(26-30-22)17-6-4-3-5-7-17/h3-11,14-15H,12-13H2,1-2H3,(H,25,28). The molecule has 0 fully saturated rings. The Kier molecular flexibility index (Phi) is 5.43. The molecule has 0 unspecified atom stereocenters. The number of benzene rings is 2. The molecule has 0 aliphatic carbocycles. The van der Waals surface area contributed by atoms with Gasteiger partial charge in [-0.25, -0.2) is 4.98 Å². The lowest BCUT2D eigenvalue weighted by molar-refractivity contribution is -0.116. The molecule has 0 saturated heterocycles. The molecule has 0 radical (unpaired) electrons. The third-order valence-electron chi connectivity index (χ3n) is 4.95. The van der Waals surface area contributed by atoms with Gasteiger partial charge in [-0.3, -0.25) is 14.2 Å². The normalized spacial score (nSPS) is 11.2. The van der Waals surface area contributed by atoms with E-state index in [1.54, 1.807) is 0 Å². The zero-order valence-electron chi connectivity index (χ0n) is 16.8. The van der Waals surface area contributed by atoms with Crippen LogP contribution in [0.25, 0.3) is 22.4 Å². The monoisotopic (exact) mass is 402 g/mol. The van der Waals surface area contributed by atoms with Gasteiger partial charge < -0.3 is 9.84 Å². The van der Waals surface area contributed by atoms with Crippen LogP contribution in [0.15, 0.2) is 70.2 Å². The first-order valence-electron chi connectivity index (χ1n) is 9.83. The predicted octanol–water partition coefficient (Wildman–Crippen LogP) is 4.20. The summed E-state index contributed by atoms with van der Waals surface area (Å²) in [5.41, 5.74) is 3.07. The third kappa shape index (κ3) is 4.00. The van der Waals surface area contributed by atoms with Gasteiger partial charge in [0.1, 0.15) is 17.4 Å². The highest BCUT2D eigenvalue weighted by Crippen LogP contribution is 2.23. The summed E-state index contributed by atoms with van der Waals surface area (Å²) in [5, 5.41) is 7.18. The van der Waals surface area contributed by atoms with Crippen LogP contribution >= 0.6 is 0 Å².